The van der Waals surface area contributed by atoms with Crippen LogP contribution in [0.4, 0.5) is 8.78 Å². The number of carbonyl (C=O) groups excluding carboxylic acids is 1. The van der Waals surface area contributed by atoms with Gasteiger partial charge in [-0.05, 0) is 68.6 Å². The van der Waals surface area contributed by atoms with Gasteiger partial charge in [0.1, 0.15) is 0 Å². The van der Waals surface area contributed by atoms with Gasteiger partial charge in [-0.3, -0.25) is 9.59 Å². The molecule has 0 radical (unpaired) electrons. The highest BCUT2D eigenvalue weighted by atomic mass is 32.1. The molecule has 37 heavy (non-hydrogen) atoms. The van der Waals surface area contributed by atoms with Crippen LogP contribution in [0.15, 0.2) is 42.5 Å². The van der Waals surface area contributed by atoms with Crippen LogP contribution in [0, 0.1) is 5.92 Å². The van der Waals surface area contributed by atoms with Crippen LogP contribution in [0.5, 0.6) is 0 Å². The van der Waals surface area contributed by atoms with Crippen LogP contribution in [0.1, 0.15) is 73.6 Å². The number of alkyl halides is 2. The number of carbonyl (C=O) groups is 2. The first-order valence-corrected chi connectivity index (χ1v) is 14.2. The minimum Gasteiger partial charge on any atom is -0.481 e. The summed E-state index contributed by atoms with van der Waals surface area (Å²) in [6, 6.07) is 13.4. The van der Waals surface area contributed by atoms with Crippen molar-refractivity contribution in [3.05, 3.63) is 57.8 Å². The monoisotopic (exact) mass is 535 g/mol. The molecular formula is C29H39F2NO4S. The van der Waals surface area contributed by atoms with Crippen molar-refractivity contribution < 1.29 is 28.6 Å². The number of rotatable bonds is 16. The molecule has 5 nitrogen and oxygen atoms in total. The number of thiophene rings is 1. The number of hydrogen-bond donors (Lipinski definition) is 2. The van der Waals surface area contributed by atoms with E-state index in [-0.39, 0.29) is 18.9 Å². The van der Waals surface area contributed by atoms with Crippen molar-refractivity contribution in [3.63, 3.8) is 0 Å². The first kappa shape index (κ1) is 29.2. The van der Waals surface area contributed by atoms with E-state index in [0.717, 1.165) is 41.9 Å². The lowest BCUT2D eigenvalue weighted by Gasteiger charge is -2.26. The Morgan fingerprint density at radius 1 is 1.05 bits per heavy atom. The molecule has 0 aliphatic carbocycles. The highest BCUT2D eigenvalue weighted by Crippen LogP contribution is 2.36. The Morgan fingerprint density at radius 3 is 2.51 bits per heavy atom. The van der Waals surface area contributed by atoms with E-state index in [1.807, 2.05) is 31.2 Å². The molecule has 3 atom stereocenters. The third-order valence-electron chi connectivity index (χ3n) is 7.29. The Hall–Kier alpha value is -2.32. The van der Waals surface area contributed by atoms with Gasteiger partial charge in [-0.25, -0.2) is 0 Å². The van der Waals surface area contributed by atoms with Crippen LogP contribution in [0.2, 0.25) is 0 Å². The minimum absolute atomic E-state index is 0.0298. The maximum absolute atomic E-state index is 14.3. The summed E-state index contributed by atoms with van der Waals surface area (Å²) in [6.07, 6.45) is 5.97. The smallest absolute Gasteiger partial charge is 0.326 e. The lowest BCUT2D eigenvalue weighted by Crippen LogP contribution is -2.37. The number of aliphatic carboxylic acids is 1. The molecule has 2 heterocycles. The second-order valence-corrected chi connectivity index (χ2v) is 11.6. The molecule has 204 valence electrons. The number of unbranched alkanes of at least 4 members (excludes halogenated alkanes) is 2. The molecule has 3 rings (SSSR count). The maximum atomic E-state index is 14.3. The van der Waals surface area contributed by atoms with Crippen LogP contribution in [-0.2, 0) is 28.9 Å². The zero-order chi connectivity index (χ0) is 26.8. The normalized spacial score (nSPS) is 18.8. The van der Waals surface area contributed by atoms with E-state index in [4.69, 9.17) is 5.11 Å². The first-order chi connectivity index (χ1) is 17.7. The van der Waals surface area contributed by atoms with Gasteiger partial charge in [0.25, 0.3) is 5.91 Å². The number of aliphatic hydroxyl groups excluding tert-OH is 1. The van der Waals surface area contributed by atoms with Crippen molar-refractivity contribution in [1.29, 1.82) is 0 Å². The summed E-state index contributed by atoms with van der Waals surface area (Å²) in [5, 5.41) is 19.6. The number of likely N-dealkylation sites (tertiary alicyclic amines) is 1. The molecule has 0 spiro atoms. The van der Waals surface area contributed by atoms with E-state index in [1.165, 1.54) is 21.8 Å². The Morgan fingerprint density at radius 2 is 1.78 bits per heavy atom. The molecule has 0 bridgehead atoms. The van der Waals surface area contributed by atoms with Gasteiger partial charge in [0.2, 0.25) is 0 Å². The number of halogens is 2. The van der Waals surface area contributed by atoms with Crippen LogP contribution in [-0.4, -0.2) is 51.6 Å². The lowest BCUT2D eigenvalue weighted by molar-refractivity contribution is -0.148. The van der Waals surface area contributed by atoms with Crippen LogP contribution in [0.3, 0.4) is 0 Å². The van der Waals surface area contributed by atoms with Gasteiger partial charge in [0.05, 0.1) is 12.5 Å². The largest absolute Gasteiger partial charge is 0.481 e. The van der Waals surface area contributed by atoms with E-state index in [0.29, 0.717) is 25.7 Å². The summed E-state index contributed by atoms with van der Waals surface area (Å²) in [5.41, 5.74) is 1.33. The molecule has 1 aliphatic rings. The van der Waals surface area contributed by atoms with Crippen molar-refractivity contribution in [3.8, 4) is 0 Å². The standard InChI is InChI=1S/C29H39F2NO4S/c1-21(9-4-2-5-10-22-11-6-3-7-12-22)26(33)17-14-23-20-29(30,31)28(36)32(23)18-8-13-24-15-16-25(37-24)19-27(34)35/h3,6-7,11-12,15-16,21,23,26,33H,2,4-5,8-10,13-14,17-20H2,1H3,(H,34,35)/t21-,23+,26-/m1/s1. The zero-order valence-electron chi connectivity index (χ0n) is 21.6. The Labute approximate surface area is 222 Å². The van der Waals surface area contributed by atoms with Crippen LogP contribution >= 0.6 is 11.3 Å². The molecule has 1 aromatic carbocycles. The highest BCUT2D eigenvalue weighted by molar-refractivity contribution is 7.12. The van der Waals surface area contributed by atoms with E-state index in [1.54, 1.807) is 6.07 Å². The molecule has 1 aromatic heterocycles. The number of aliphatic hydroxyl groups is 1. The van der Waals surface area contributed by atoms with Gasteiger partial charge in [-0.2, -0.15) is 8.78 Å². The van der Waals surface area contributed by atoms with E-state index >= 15 is 0 Å². The number of hydrogen-bond acceptors (Lipinski definition) is 4. The fourth-order valence-electron chi connectivity index (χ4n) is 5.09. The number of aryl methyl sites for hydroxylation is 2. The molecule has 1 saturated heterocycles. The van der Waals surface area contributed by atoms with E-state index in [9.17, 15) is 23.5 Å². The second kappa shape index (κ2) is 14.0. The Balaban J connectivity index is 1.39. The minimum atomic E-state index is -3.35. The molecule has 2 aromatic rings. The summed E-state index contributed by atoms with van der Waals surface area (Å²) >= 11 is 1.41. The van der Waals surface area contributed by atoms with Crippen molar-refractivity contribution in [1.82, 2.24) is 4.90 Å². The number of nitrogens with zero attached hydrogens (tertiary/aromatic N) is 1. The number of carboxylic acids is 1. The zero-order valence-corrected chi connectivity index (χ0v) is 22.4. The third kappa shape index (κ3) is 9.18. The Kier molecular flexibility index (Phi) is 11.1. The van der Waals surface area contributed by atoms with Gasteiger partial charge >= 0.3 is 11.9 Å². The number of benzene rings is 1. The van der Waals surface area contributed by atoms with Crippen molar-refractivity contribution in [2.45, 2.75) is 95.6 Å². The summed E-state index contributed by atoms with van der Waals surface area (Å²) < 4.78 is 28.5. The summed E-state index contributed by atoms with van der Waals surface area (Å²) in [5.74, 6) is -5.27. The third-order valence-corrected chi connectivity index (χ3v) is 8.44. The van der Waals surface area contributed by atoms with Crippen LogP contribution < -0.4 is 0 Å². The SMILES string of the molecule is C[C@H](CCCCCc1ccccc1)[C@H](O)CC[C@H]1CC(F)(F)C(=O)N1CCCc1ccc(CC(=O)O)s1. The summed E-state index contributed by atoms with van der Waals surface area (Å²) in [6.45, 7) is 2.24. The van der Waals surface area contributed by atoms with Crippen molar-refractivity contribution >= 4 is 23.2 Å². The number of amides is 1. The predicted molar refractivity (Wildman–Crippen MR) is 142 cm³/mol. The molecule has 1 fully saturated rings. The average molecular weight is 536 g/mol. The molecule has 1 aliphatic heterocycles. The fraction of sp³-hybridized carbons (Fsp3) is 0.586. The topological polar surface area (TPSA) is 77.8 Å². The first-order valence-electron chi connectivity index (χ1n) is 13.4. The van der Waals surface area contributed by atoms with Crippen molar-refractivity contribution in [2.24, 2.45) is 5.92 Å². The van der Waals surface area contributed by atoms with E-state index < -0.39 is 36.4 Å². The average Bonchev–Trinajstić information content (AvgIpc) is 3.38. The quantitative estimate of drug-likeness (QED) is 0.254. The second-order valence-electron chi connectivity index (χ2n) is 10.3. The van der Waals surface area contributed by atoms with E-state index in [2.05, 4.69) is 12.1 Å². The molecule has 8 heteroatoms. The maximum Gasteiger partial charge on any atom is 0.326 e. The fourth-order valence-corrected chi connectivity index (χ4v) is 6.14. The predicted octanol–water partition coefficient (Wildman–Crippen LogP) is 6.12. The number of carboxylic acid groups (broad SMARTS) is 1. The van der Waals surface area contributed by atoms with Gasteiger partial charge in [-0.1, -0.05) is 50.1 Å². The summed E-state index contributed by atoms with van der Waals surface area (Å²) in [7, 11) is 0. The lowest BCUT2D eigenvalue weighted by atomic mass is 9.92. The molecule has 1 amide bonds. The molecule has 0 saturated carbocycles. The van der Waals surface area contributed by atoms with Gasteiger partial charge < -0.3 is 15.1 Å². The van der Waals surface area contributed by atoms with Crippen LogP contribution in [0.25, 0.3) is 0 Å². The van der Waals surface area contributed by atoms with Crippen molar-refractivity contribution in [2.75, 3.05) is 6.54 Å². The van der Waals surface area contributed by atoms with Gasteiger partial charge in [0, 0.05) is 28.8 Å². The highest BCUT2D eigenvalue weighted by Gasteiger charge is 2.52. The summed E-state index contributed by atoms with van der Waals surface area (Å²) in [4.78, 5) is 26.2. The molecule has 2 N–H and O–H groups in total. The molecular weight excluding hydrogens is 496 g/mol. The molecule has 0 unspecified atom stereocenters. The van der Waals surface area contributed by atoms with Gasteiger partial charge in [-0.15, -0.1) is 11.3 Å². The Bertz CT molecular complexity index is 997. The van der Waals surface area contributed by atoms with Gasteiger partial charge in [0.15, 0.2) is 0 Å².